The van der Waals surface area contributed by atoms with Crippen molar-refractivity contribution < 1.29 is 4.79 Å². The lowest BCUT2D eigenvalue weighted by Gasteiger charge is -2.37. The predicted octanol–water partition coefficient (Wildman–Crippen LogP) is 3.56. The van der Waals surface area contributed by atoms with E-state index in [1.807, 2.05) is 25.2 Å². The van der Waals surface area contributed by atoms with Crippen molar-refractivity contribution in [2.24, 2.45) is 11.3 Å². The molecule has 1 amide bonds. The first kappa shape index (κ1) is 15.0. The Bertz CT molecular complexity index is 468. The Morgan fingerprint density at radius 2 is 2.05 bits per heavy atom. The van der Waals surface area contributed by atoms with E-state index >= 15 is 0 Å². The predicted molar refractivity (Wildman–Crippen MR) is 83.6 cm³/mol. The molecule has 0 bridgehead atoms. The number of benzene rings is 1. The van der Waals surface area contributed by atoms with Crippen LogP contribution in [0.2, 0.25) is 0 Å². The molecule has 0 heterocycles. The van der Waals surface area contributed by atoms with E-state index in [0.29, 0.717) is 0 Å². The molecule has 1 aliphatic carbocycles. The summed E-state index contributed by atoms with van der Waals surface area (Å²) in [7, 11) is 1.92. The molecular weight excluding hydrogens is 248 g/mol. The average Bonchev–Trinajstić information content (AvgIpc) is 2.40. The van der Waals surface area contributed by atoms with Crippen molar-refractivity contribution in [1.82, 2.24) is 5.32 Å². The van der Waals surface area contributed by atoms with Crippen LogP contribution in [0, 0.1) is 11.3 Å². The van der Waals surface area contributed by atoms with Crippen molar-refractivity contribution in [2.75, 3.05) is 12.4 Å². The summed E-state index contributed by atoms with van der Waals surface area (Å²) in [5.74, 6) is 0.303. The summed E-state index contributed by atoms with van der Waals surface area (Å²) < 4.78 is 0. The summed E-state index contributed by atoms with van der Waals surface area (Å²) in [6, 6.07) is 8.02. The largest absolute Gasteiger partial charge is 0.326 e. The molecule has 1 atom stereocenters. The van der Waals surface area contributed by atoms with Gasteiger partial charge in [-0.15, -0.1) is 0 Å². The number of anilines is 1. The molecule has 20 heavy (non-hydrogen) atoms. The summed E-state index contributed by atoms with van der Waals surface area (Å²) in [4.78, 5) is 12.6. The maximum absolute atomic E-state index is 12.6. The Morgan fingerprint density at radius 3 is 2.75 bits per heavy atom. The SMILES string of the molecule is CNCc1ccccc1NC(=O)C1CCCCC1(C)C. The minimum absolute atomic E-state index is 0.111. The highest BCUT2D eigenvalue weighted by Gasteiger charge is 2.37. The minimum atomic E-state index is 0.111. The molecule has 1 unspecified atom stereocenters. The number of hydrogen-bond acceptors (Lipinski definition) is 2. The van der Waals surface area contributed by atoms with Gasteiger partial charge in [0.05, 0.1) is 0 Å². The van der Waals surface area contributed by atoms with Crippen LogP contribution >= 0.6 is 0 Å². The second-order valence-electron chi connectivity index (χ2n) is 6.46. The number of carbonyl (C=O) groups excluding carboxylic acids is 1. The second kappa shape index (κ2) is 6.40. The van der Waals surface area contributed by atoms with Crippen LogP contribution in [-0.2, 0) is 11.3 Å². The van der Waals surface area contributed by atoms with Crippen LogP contribution in [0.3, 0.4) is 0 Å². The number of para-hydroxylation sites is 1. The van der Waals surface area contributed by atoms with Crippen LogP contribution in [-0.4, -0.2) is 13.0 Å². The van der Waals surface area contributed by atoms with Crippen molar-refractivity contribution in [3.05, 3.63) is 29.8 Å². The normalized spacial score (nSPS) is 21.4. The zero-order chi connectivity index (χ0) is 14.6. The van der Waals surface area contributed by atoms with Gasteiger partial charge in [0.25, 0.3) is 0 Å². The molecule has 0 aliphatic heterocycles. The molecule has 1 aromatic rings. The van der Waals surface area contributed by atoms with Gasteiger partial charge in [0.1, 0.15) is 0 Å². The van der Waals surface area contributed by atoms with E-state index in [1.54, 1.807) is 0 Å². The Balaban J connectivity index is 2.11. The van der Waals surface area contributed by atoms with E-state index in [0.717, 1.165) is 30.6 Å². The zero-order valence-corrected chi connectivity index (χ0v) is 12.8. The number of hydrogen-bond donors (Lipinski definition) is 2. The van der Waals surface area contributed by atoms with E-state index in [-0.39, 0.29) is 17.2 Å². The summed E-state index contributed by atoms with van der Waals surface area (Å²) in [6.45, 7) is 5.20. The maximum atomic E-state index is 12.6. The van der Waals surface area contributed by atoms with Crippen LogP contribution in [0.1, 0.15) is 45.1 Å². The first-order valence-electron chi connectivity index (χ1n) is 7.58. The van der Waals surface area contributed by atoms with Crippen LogP contribution in [0.15, 0.2) is 24.3 Å². The highest BCUT2D eigenvalue weighted by atomic mass is 16.1. The van der Waals surface area contributed by atoms with E-state index in [4.69, 9.17) is 0 Å². The number of carbonyl (C=O) groups is 1. The molecule has 1 aromatic carbocycles. The van der Waals surface area contributed by atoms with Crippen LogP contribution in [0.4, 0.5) is 5.69 Å². The summed E-state index contributed by atoms with van der Waals surface area (Å²) in [5.41, 5.74) is 2.19. The first-order valence-corrected chi connectivity index (χ1v) is 7.58. The molecule has 0 spiro atoms. The molecule has 1 aliphatic rings. The Morgan fingerprint density at radius 1 is 1.30 bits per heavy atom. The van der Waals surface area contributed by atoms with Gasteiger partial charge in [-0.05, 0) is 36.9 Å². The molecule has 2 N–H and O–H groups in total. The first-order chi connectivity index (χ1) is 9.54. The fourth-order valence-corrected chi connectivity index (χ4v) is 3.19. The monoisotopic (exact) mass is 274 g/mol. The summed E-state index contributed by atoms with van der Waals surface area (Å²) in [5, 5.41) is 6.28. The van der Waals surface area contributed by atoms with Crippen molar-refractivity contribution >= 4 is 11.6 Å². The van der Waals surface area contributed by atoms with Gasteiger partial charge < -0.3 is 10.6 Å². The number of rotatable bonds is 4. The maximum Gasteiger partial charge on any atom is 0.228 e. The molecule has 110 valence electrons. The van der Waals surface area contributed by atoms with E-state index in [9.17, 15) is 4.79 Å². The van der Waals surface area contributed by atoms with Gasteiger partial charge in [-0.3, -0.25) is 4.79 Å². The lowest BCUT2D eigenvalue weighted by Crippen LogP contribution is -2.37. The van der Waals surface area contributed by atoms with Gasteiger partial charge in [-0.1, -0.05) is 44.9 Å². The topological polar surface area (TPSA) is 41.1 Å². The van der Waals surface area contributed by atoms with Gasteiger partial charge >= 0.3 is 0 Å². The zero-order valence-electron chi connectivity index (χ0n) is 12.8. The third kappa shape index (κ3) is 3.40. The lowest BCUT2D eigenvalue weighted by atomic mass is 9.68. The average molecular weight is 274 g/mol. The van der Waals surface area contributed by atoms with Gasteiger partial charge in [0.2, 0.25) is 5.91 Å². The van der Waals surface area contributed by atoms with Crippen molar-refractivity contribution in [2.45, 2.75) is 46.1 Å². The number of nitrogens with one attached hydrogen (secondary N) is 2. The third-order valence-corrected chi connectivity index (χ3v) is 4.47. The molecule has 1 fully saturated rings. The smallest absolute Gasteiger partial charge is 0.228 e. The summed E-state index contributed by atoms with van der Waals surface area (Å²) >= 11 is 0. The van der Waals surface area contributed by atoms with E-state index < -0.39 is 0 Å². The van der Waals surface area contributed by atoms with Crippen molar-refractivity contribution in [3.63, 3.8) is 0 Å². The molecular formula is C17H26N2O. The van der Waals surface area contributed by atoms with Crippen molar-refractivity contribution in [1.29, 1.82) is 0 Å². The summed E-state index contributed by atoms with van der Waals surface area (Å²) in [6.07, 6.45) is 4.56. The fourth-order valence-electron chi connectivity index (χ4n) is 3.19. The van der Waals surface area contributed by atoms with Gasteiger partial charge in [-0.25, -0.2) is 0 Å². The van der Waals surface area contributed by atoms with E-state index in [2.05, 4.69) is 30.5 Å². The molecule has 0 saturated heterocycles. The standard InChI is InChI=1S/C17H26N2O/c1-17(2)11-7-6-9-14(17)16(20)19-15-10-5-4-8-13(15)12-18-3/h4-5,8,10,14,18H,6-7,9,11-12H2,1-3H3,(H,19,20). The third-order valence-electron chi connectivity index (χ3n) is 4.47. The van der Waals surface area contributed by atoms with Gasteiger partial charge in [-0.2, -0.15) is 0 Å². The molecule has 3 heteroatoms. The molecule has 3 nitrogen and oxygen atoms in total. The molecule has 2 rings (SSSR count). The lowest BCUT2D eigenvalue weighted by molar-refractivity contribution is -0.124. The van der Waals surface area contributed by atoms with E-state index in [1.165, 1.54) is 12.8 Å². The van der Waals surface area contributed by atoms with Crippen molar-refractivity contribution in [3.8, 4) is 0 Å². The molecule has 0 radical (unpaired) electrons. The highest BCUT2D eigenvalue weighted by molar-refractivity contribution is 5.93. The molecule has 0 aromatic heterocycles. The Kier molecular flexibility index (Phi) is 4.81. The van der Waals surface area contributed by atoms with Gasteiger partial charge in [0, 0.05) is 18.2 Å². The quantitative estimate of drug-likeness (QED) is 0.881. The Labute approximate surface area is 122 Å². The van der Waals surface area contributed by atoms with Gasteiger partial charge in [0.15, 0.2) is 0 Å². The highest BCUT2D eigenvalue weighted by Crippen LogP contribution is 2.41. The van der Waals surface area contributed by atoms with Crippen LogP contribution in [0.25, 0.3) is 0 Å². The van der Waals surface area contributed by atoms with Crippen LogP contribution in [0.5, 0.6) is 0 Å². The fraction of sp³-hybridized carbons (Fsp3) is 0.588. The minimum Gasteiger partial charge on any atom is -0.326 e. The molecule has 1 saturated carbocycles. The number of amides is 1. The second-order valence-corrected chi connectivity index (χ2v) is 6.46. The Hall–Kier alpha value is -1.35. The van der Waals surface area contributed by atoms with Crippen LogP contribution < -0.4 is 10.6 Å².